The normalized spacial score (nSPS) is 31.1. The third-order valence-corrected chi connectivity index (χ3v) is 5.18. The average Bonchev–Trinajstić information content (AvgIpc) is 2.50. The van der Waals surface area contributed by atoms with Crippen LogP contribution in [0.15, 0.2) is 0 Å². The van der Waals surface area contributed by atoms with Crippen LogP contribution in [0.1, 0.15) is 33.1 Å². The molecule has 138 valence electrons. The van der Waals surface area contributed by atoms with Crippen molar-refractivity contribution in [1.82, 2.24) is 15.1 Å². The fourth-order valence-electron chi connectivity index (χ4n) is 3.86. The second kappa shape index (κ2) is 8.67. The number of carbonyl (C=O) groups is 2. The Kier molecular flexibility index (Phi) is 6.86. The summed E-state index contributed by atoms with van der Waals surface area (Å²) in [5, 5.41) is 12.0. The molecule has 1 heterocycles. The molecule has 7 heteroatoms. The van der Waals surface area contributed by atoms with Crippen LogP contribution in [0.3, 0.4) is 0 Å². The molecule has 0 aromatic carbocycles. The summed E-state index contributed by atoms with van der Waals surface area (Å²) in [4.78, 5) is 26.9. The minimum atomic E-state index is -0.858. The quantitative estimate of drug-likeness (QED) is 0.786. The number of carboxylic acid groups (broad SMARTS) is 1. The minimum Gasteiger partial charge on any atom is -0.480 e. The van der Waals surface area contributed by atoms with Crippen molar-refractivity contribution in [3.05, 3.63) is 0 Å². The first kappa shape index (κ1) is 19.0. The highest BCUT2D eigenvalue weighted by Gasteiger charge is 2.32. The number of ether oxygens (including phenoxy) is 1. The largest absolute Gasteiger partial charge is 0.480 e. The predicted octanol–water partition coefficient (Wildman–Crippen LogP) is 1.24. The van der Waals surface area contributed by atoms with Crippen molar-refractivity contribution >= 4 is 12.0 Å². The Morgan fingerprint density at radius 2 is 1.96 bits per heavy atom. The molecule has 0 aromatic heterocycles. The lowest BCUT2D eigenvalue weighted by atomic mass is 9.79. The van der Waals surface area contributed by atoms with Crippen LogP contribution < -0.4 is 5.32 Å². The lowest BCUT2D eigenvalue weighted by molar-refractivity contribution is -0.138. The molecule has 2 rings (SSSR count). The Morgan fingerprint density at radius 3 is 2.58 bits per heavy atom. The maximum absolute atomic E-state index is 12.6. The number of rotatable bonds is 5. The van der Waals surface area contributed by atoms with Crippen LogP contribution in [-0.2, 0) is 9.53 Å². The van der Waals surface area contributed by atoms with Gasteiger partial charge in [0.15, 0.2) is 0 Å². The summed E-state index contributed by atoms with van der Waals surface area (Å²) in [6, 6.07) is 0.219. The molecule has 0 radical (unpaired) electrons. The van der Waals surface area contributed by atoms with Gasteiger partial charge in [0, 0.05) is 25.7 Å². The van der Waals surface area contributed by atoms with E-state index in [1.807, 2.05) is 0 Å². The maximum atomic E-state index is 12.6. The Balaban J connectivity index is 1.84. The first-order valence-corrected chi connectivity index (χ1v) is 8.94. The number of carboxylic acids is 1. The number of nitrogens with zero attached hydrogens (tertiary/aromatic N) is 2. The number of morpholine rings is 1. The number of aliphatic carboxylic acids is 1. The van der Waals surface area contributed by atoms with Crippen LogP contribution in [0.4, 0.5) is 4.79 Å². The smallest absolute Gasteiger partial charge is 0.317 e. The van der Waals surface area contributed by atoms with Gasteiger partial charge in [-0.15, -0.1) is 0 Å². The van der Waals surface area contributed by atoms with E-state index < -0.39 is 5.97 Å². The van der Waals surface area contributed by atoms with E-state index in [-0.39, 0.29) is 24.7 Å². The van der Waals surface area contributed by atoms with Gasteiger partial charge < -0.3 is 20.1 Å². The number of likely N-dealkylation sites (N-methyl/N-ethyl adjacent to an activating group) is 1. The number of urea groups is 1. The van der Waals surface area contributed by atoms with Crippen LogP contribution in [0.2, 0.25) is 0 Å². The molecule has 2 fully saturated rings. The van der Waals surface area contributed by atoms with E-state index in [0.29, 0.717) is 38.1 Å². The Morgan fingerprint density at radius 1 is 1.29 bits per heavy atom. The van der Waals surface area contributed by atoms with Crippen molar-refractivity contribution < 1.29 is 19.4 Å². The van der Waals surface area contributed by atoms with Crippen LogP contribution in [0, 0.1) is 11.8 Å². The highest BCUT2D eigenvalue weighted by atomic mass is 16.5. The van der Waals surface area contributed by atoms with E-state index in [4.69, 9.17) is 9.84 Å². The number of amides is 2. The molecule has 7 nitrogen and oxygen atoms in total. The van der Waals surface area contributed by atoms with E-state index >= 15 is 0 Å². The fourth-order valence-corrected chi connectivity index (χ4v) is 3.86. The van der Waals surface area contributed by atoms with Crippen molar-refractivity contribution in [1.29, 1.82) is 0 Å². The molecule has 3 unspecified atom stereocenters. The summed E-state index contributed by atoms with van der Waals surface area (Å²) in [5.74, 6) is 0.163. The van der Waals surface area contributed by atoms with Gasteiger partial charge in [0.1, 0.15) is 0 Å². The van der Waals surface area contributed by atoms with E-state index in [9.17, 15) is 9.59 Å². The second-order valence-electron chi connectivity index (χ2n) is 7.39. The number of hydrogen-bond donors (Lipinski definition) is 2. The van der Waals surface area contributed by atoms with Crippen LogP contribution in [0.5, 0.6) is 0 Å². The molecule has 2 amide bonds. The van der Waals surface area contributed by atoms with Crippen molar-refractivity contribution in [2.24, 2.45) is 11.8 Å². The standard InChI is InChI=1S/C17H31N3O4/c1-12-5-4-6-13(2)16(12)18-17(23)20-7-8-24-14(10-20)9-19(3)11-15(21)22/h12-14,16H,4-11H2,1-3H3,(H,18,23)(H,21,22). The zero-order valence-electron chi connectivity index (χ0n) is 15.0. The molecule has 0 aromatic rings. The molecule has 1 aliphatic heterocycles. The zero-order valence-corrected chi connectivity index (χ0v) is 15.0. The molecular formula is C17H31N3O4. The Hall–Kier alpha value is -1.34. The monoisotopic (exact) mass is 341 g/mol. The van der Waals surface area contributed by atoms with E-state index in [1.165, 1.54) is 19.3 Å². The first-order chi connectivity index (χ1) is 11.4. The lowest BCUT2D eigenvalue weighted by Gasteiger charge is -2.39. The van der Waals surface area contributed by atoms with Gasteiger partial charge in [-0.2, -0.15) is 0 Å². The maximum Gasteiger partial charge on any atom is 0.317 e. The SMILES string of the molecule is CC1CCCC(C)C1NC(=O)N1CCOC(CN(C)CC(=O)O)C1. The third kappa shape index (κ3) is 5.34. The van der Waals surface area contributed by atoms with Gasteiger partial charge >= 0.3 is 12.0 Å². The second-order valence-corrected chi connectivity index (χ2v) is 7.39. The van der Waals surface area contributed by atoms with Crippen molar-refractivity contribution in [2.75, 3.05) is 39.8 Å². The van der Waals surface area contributed by atoms with Gasteiger partial charge in [-0.05, 0) is 31.7 Å². The first-order valence-electron chi connectivity index (χ1n) is 8.94. The average molecular weight is 341 g/mol. The summed E-state index contributed by atoms with van der Waals surface area (Å²) < 4.78 is 5.69. The zero-order chi connectivity index (χ0) is 17.7. The van der Waals surface area contributed by atoms with Crippen LogP contribution >= 0.6 is 0 Å². The van der Waals surface area contributed by atoms with Crippen molar-refractivity contribution in [2.45, 2.75) is 45.3 Å². The molecule has 24 heavy (non-hydrogen) atoms. The molecule has 1 aliphatic carbocycles. The van der Waals surface area contributed by atoms with Crippen LogP contribution in [0.25, 0.3) is 0 Å². The molecule has 0 bridgehead atoms. The summed E-state index contributed by atoms with van der Waals surface area (Å²) in [7, 11) is 1.75. The molecule has 1 saturated heterocycles. The summed E-state index contributed by atoms with van der Waals surface area (Å²) in [6.45, 7) is 6.49. The molecule has 1 saturated carbocycles. The lowest BCUT2D eigenvalue weighted by Crippen LogP contribution is -2.56. The summed E-state index contributed by atoms with van der Waals surface area (Å²) in [6.07, 6.45) is 3.43. The molecule has 3 atom stereocenters. The number of nitrogens with one attached hydrogen (secondary N) is 1. The molecular weight excluding hydrogens is 310 g/mol. The van der Waals surface area contributed by atoms with Gasteiger partial charge in [0.05, 0.1) is 19.3 Å². The fraction of sp³-hybridized carbons (Fsp3) is 0.882. The van der Waals surface area contributed by atoms with Crippen LogP contribution in [-0.4, -0.2) is 78.9 Å². The van der Waals surface area contributed by atoms with Gasteiger partial charge in [0.2, 0.25) is 0 Å². The van der Waals surface area contributed by atoms with Crippen molar-refractivity contribution in [3.63, 3.8) is 0 Å². The summed E-state index contributed by atoms with van der Waals surface area (Å²) in [5.41, 5.74) is 0. The van der Waals surface area contributed by atoms with E-state index in [2.05, 4.69) is 19.2 Å². The van der Waals surface area contributed by atoms with Gasteiger partial charge in [-0.3, -0.25) is 9.69 Å². The predicted molar refractivity (Wildman–Crippen MR) is 90.9 cm³/mol. The minimum absolute atomic E-state index is 0.0187. The summed E-state index contributed by atoms with van der Waals surface area (Å²) >= 11 is 0. The van der Waals surface area contributed by atoms with Gasteiger partial charge in [0.25, 0.3) is 0 Å². The van der Waals surface area contributed by atoms with E-state index in [0.717, 1.165) is 0 Å². The Labute approximate surface area is 144 Å². The molecule has 2 N–H and O–H groups in total. The third-order valence-electron chi connectivity index (χ3n) is 5.18. The number of carbonyl (C=O) groups excluding carboxylic acids is 1. The van der Waals surface area contributed by atoms with E-state index in [1.54, 1.807) is 16.8 Å². The van der Waals surface area contributed by atoms with Gasteiger partial charge in [-0.1, -0.05) is 20.3 Å². The molecule has 2 aliphatic rings. The highest BCUT2D eigenvalue weighted by Crippen LogP contribution is 2.29. The van der Waals surface area contributed by atoms with Crippen molar-refractivity contribution in [3.8, 4) is 0 Å². The Bertz CT molecular complexity index is 436. The number of hydrogen-bond acceptors (Lipinski definition) is 4. The molecule has 0 spiro atoms. The topological polar surface area (TPSA) is 82.1 Å². The highest BCUT2D eigenvalue weighted by molar-refractivity contribution is 5.74. The van der Waals surface area contributed by atoms with Gasteiger partial charge in [-0.25, -0.2) is 4.79 Å².